The lowest BCUT2D eigenvalue weighted by atomic mass is 10.1. The maximum absolute atomic E-state index is 11.7. The highest BCUT2D eigenvalue weighted by Crippen LogP contribution is 2.46. The molecule has 3 nitrogen and oxygen atoms in total. The van der Waals surface area contributed by atoms with Crippen LogP contribution in [0.3, 0.4) is 0 Å². The Morgan fingerprint density at radius 3 is 2.29 bits per heavy atom. The van der Waals surface area contributed by atoms with E-state index in [1.165, 1.54) is 0 Å². The van der Waals surface area contributed by atoms with Gasteiger partial charge in [0.05, 0.1) is 10.4 Å². The Kier molecular flexibility index (Phi) is 2.71. The third-order valence-corrected chi connectivity index (χ3v) is 2.50. The van der Waals surface area contributed by atoms with Crippen LogP contribution in [0.5, 0.6) is 0 Å². The minimum atomic E-state index is -4.40. The summed E-state index contributed by atoms with van der Waals surface area (Å²) in [5.74, 6) is -0.720. The van der Waals surface area contributed by atoms with Crippen LogP contribution in [0.15, 0.2) is 0 Å². The van der Waals surface area contributed by atoms with Crippen molar-refractivity contribution in [3.05, 3.63) is 0 Å². The van der Waals surface area contributed by atoms with Gasteiger partial charge in [-0.15, -0.1) is 0 Å². The molecule has 80 valence electrons. The lowest BCUT2D eigenvalue weighted by molar-refractivity contribution is -0.140. The fraction of sp³-hybridized carbons (Fsp3) is 0.714. The Balaban J connectivity index is 2.48. The quantitative estimate of drug-likeness (QED) is 0.697. The van der Waals surface area contributed by atoms with E-state index in [0.717, 1.165) is 0 Å². The molecular formula is C7H9F3N2OS. The second-order valence-electron chi connectivity index (χ2n) is 3.24. The molecule has 0 aromatic heterocycles. The van der Waals surface area contributed by atoms with Crippen LogP contribution in [0, 0.1) is 5.41 Å². The van der Waals surface area contributed by atoms with Gasteiger partial charge in [-0.3, -0.25) is 4.79 Å². The van der Waals surface area contributed by atoms with Gasteiger partial charge in [-0.1, -0.05) is 12.2 Å². The molecule has 1 saturated carbocycles. The Bertz CT molecular complexity index is 273. The minimum absolute atomic E-state index is 0.0304. The van der Waals surface area contributed by atoms with E-state index in [9.17, 15) is 18.0 Å². The van der Waals surface area contributed by atoms with Crippen molar-refractivity contribution in [1.82, 2.24) is 5.32 Å². The fourth-order valence-corrected chi connectivity index (χ4v) is 1.36. The highest BCUT2D eigenvalue weighted by molar-refractivity contribution is 7.80. The van der Waals surface area contributed by atoms with Crippen molar-refractivity contribution in [2.24, 2.45) is 11.1 Å². The number of hydrogen-bond donors (Lipinski definition) is 2. The van der Waals surface area contributed by atoms with Crippen LogP contribution in [0.4, 0.5) is 13.2 Å². The second-order valence-corrected chi connectivity index (χ2v) is 3.68. The molecule has 0 unspecified atom stereocenters. The molecule has 0 heterocycles. The Morgan fingerprint density at radius 2 is 2.00 bits per heavy atom. The average molecular weight is 226 g/mol. The summed E-state index contributed by atoms with van der Waals surface area (Å²) in [6, 6.07) is 0. The molecule has 1 amide bonds. The highest BCUT2D eigenvalue weighted by Gasteiger charge is 2.53. The third kappa shape index (κ3) is 2.34. The van der Waals surface area contributed by atoms with E-state index in [-0.39, 0.29) is 4.99 Å². The number of alkyl halides is 3. The van der Waals surface area contributed by atoms with Gasteiger partial charge in [-0.05, 0) is 12.8 Å². The van der Waals surface area contributed by atoms with Crippen molar-refractivity contribution >= 4 is 23.1 Å². The van der Waals surface area contributed by atoms with Gasteiger partial charge in [0.2, 0.25) is 5.91 Å². The number of carbonyl (C=O) groups is 1. The molecule has 3 N–H and O–H groups in total. The summed E-state index contributed by atoms with van der Waals surface area (Å²) >= 11 is 4.61. The normalized spacial score (nSPS) is 18.8. The topological polar surface area (TPSA) is 55.1 Å². The summed E-state index contributed by atoms with van der Waals surface area (Å²) in [7, 11) is 0. The van der Waals surface area contributed by atoms with Crippen molar-refractivity contribution in [1.29, 1.82) is 0 Å². The minimum Gasteiger partial charge on any atom is -0.392 e. The van der Waals surface area contributed by atoms with Gasteiger partial charge in [0.25, 0.3) is 0 Å². The molecule has 0 aromatic rings. The van der Waals surface area contributed by atoms with E-state index in [1.807, 2.05) is 0 Å². The molecule has 7 heteroatoms. The molecule has 0 radical (unpaired) electrons. The van der Waals surface area contributed by atoms with Crippen LogP contribution in [-0.4, -0.2) is 23.6 Å². The van der Waals surface area contributed by atoms with Crippen LogP contribution in [0.25, 0.3) is 0 Å². The summed E-state index contributed by atoms with van der Waals surface area (Å²) in [4.78, 5) is 11.2. The first kappa shape index (κ1) is 11.2. The summed E-state index contributed by atoms with van der Waals surface area (Å²) < 4.78 is 35.2. The van der Waals surface area contributed by atoms with E-state index in [4.69, 9.17) is 5.73 Å². The van der Waals surface area contributed by atoms with Gasteiger partial charge in [0.1, 0.15) is 6.54 Å². The smallest absolute Gasteiger partial charge is 0.392 e. The van der Waals surface area contributed by atoms with Crippen molar-refractivity contribution in [3.8, 4) is 0 Å². The lowest BCUT2D eigenvalue weighted by Gasteiger charge is -2.14. The molecule has 0 atom stereocenters. The molecule has 1 fully saturated rings. The molecule has 1 aliphatic carbocycles. The maximum Gasteiger partial charge on any atom is 0.405 e. The number of halogens is 3. The number of nitrogens with two attached hydrogens (primary N) is 1. The Hall–Kier alpha value is -0.850. The van der Waals surface area contributed by atoms with Crippen LogP contribution in [-0.2, 0) is 4.79 Å². The second kappa shape index (κ2) is 3.38. The highest BCUT2D eigenvalue weighted by atomic mass is 32.1. The number of carbonyl (C=O) groups excluding carboxylic acids is 1. The zero-order valence-electron chi connectivity index (χ0n) is 7.15. The first-order valence-corrected chi connectivity index (χ1v) is 4.34. The van der Waals surface area contributed by atoms with Crippen molar-refractivity contribution in [2.45, 2.75) is 19.0 Å². The van der Waals surface area contributed by atoms with Crippen LogP contribution in [0.2, 0.25) is 0 Å². The largest absolute Gasteiger partial charge is 0.405 e. The van der Waals surface area contributed by atoms with Crippen LogP contribution < -0.4 is 11.1 Å². The molecule has 1 rings (SSSR count). The van der Waals surface area contributed by atoms with Gasteiger partial charge >= 0.3 is 6.18 Å². The number of thiocarbonyl (C=S) groups is 1. The summed E-state index contributed by atoms with van der Waals surface area (Å²) in [6.45, 7) is -1.34. The lowest BCUT2D eigenvalue weighted by Crippen LogP contribution is -2.43. The summed E-state index contributed by atoms with van der Waals surface area (Å²) in [5.41, 5.74) is 4.25. The monoisotopic (exact) mass is 226 g/mol. The van der Waals surface area contributed by atoms with Gasteiger partial charge in [-0.2, -0.15) is 13.2 Å². The van der Waals surface area contributed by atoms with E-state index < -0.39 is 24.0 Å². The first-order chi connectivity index (χ1) is 6.28. The number of rotatable bonds is 3. The maximum atomic E-state index is 11.7. The number of amides is 1. The zero-order valence-corrected chi connectivity index (χ0v) is 7.97. The van der Waals surface area contributed by atoms with E-state index in [2.05, 4.69) is 12.2 Å². The first-order valence-electron chi connectivity index (χ1n) is 3.93. The number of nitrogens with one attached hydrogen (secondary N) is 1. The Morgan fingerprint density at radius 1 is 1.50 bits per heavy atom. The number of hydrogen-bond acceptors (Lipinski definition) is 2. The van der Waals surface area contributed by atoms with E-state index >= 15 is 0 Å². The van der Waals surface area contributed by atoms with Crippen molar-refractivity contribution in [3.63, 3.8) is 0 Å². The van der Waals surface area contributed by atoms with Crippen LogP contribution >= 0.6 is 12.2 Å². The van der Waals surface area contributed by atoms with E-state index in [0.29, 0.717) is 12.8 Å². The van der Waals surface area contributed by atoms with Gasteiger partial charge in [0.15, 0.2) is 0 Å². The van der Waals surface area contributed by atoms with Crippen molar-refractivity contribution in [2.75, 3.05) is 6.54 Å². The molecule has 1 aliphatic rings. The van der Waals surface area contributed by atoms with Gasteiger partial charge < -0.3 is 11.1 Å². The van der Waals surface area contributed by atoms with Gasteiger partial charge in [-0.25, -0.2) is 0 Å². The molecule has 0 spiro atoms. The van der Waals surface area contributed by atoms with Crippen LogP contribution in [0.1, 0.15) is 12.8 Å². The van der Waals surface area contributed by atoms with E-state index in [1.54, 1.807) is 5.32 Å². The predicted octanol–water partition coefficient (Wildman–Crippen LogP) is 0.731. The fourth-order valence-electron chi connectivity index (χ4n) is 1.06. The van der Waals surface area contributed by atoms with Crippen molar-refractivity contribution < 1.29 is 18.0 Å². The zero-order chi connectivity index (χ0) is 11.0. The molecule has 0 aromatic carbocycles. The molecule has 0 saturated heterocycles. The Labute approximate surface area is 83.8 Å². The molecule has 0 bridgehead atoms. The molecular weight excluding hydrogens is 217 g/mol. The average Bonchev–Trinajstić information content (AvgIpc) is 2.78. The standard InChI is InChI=1S/C7H9F3N2OS/c8-7(9,10)3-12-5(13)6(1-2-6)4(11)14/h1-3H2,(H2,11,14)(H,12,13). The molecule has 14 heavy (non-hydrogen) atoms. The molecule has 0 aliphatic heterocycles. The predicted molar refractivity (Wildman–Crippen MR) is 47.5 cm³/mol. The SMILES string of the molecule is NC(=S)C1(C(=O)NCC(F)(F)F)CC1. The summed E-state index contributed by atoms with van der Waals surface area (Å²) in [6.07, 6.45) is -3.53. The van der Waals surface area contributed by atoms with Gasteiger partial charge in [0, 0.05) is 0 Å². The third-order valence-electron chi connectivity index (χ3n) is 2.11. The summed E-state index contributed by atoms with van der Waals surface area (Å²) in [5, 5.41) is 1.78.